The van der Waals surface area contributed by atoms with Crippen molar-refractivity contribution in [3.8, 4) is 5.75 Å². The topological polar surface area (TPSA) is 25.4 Å². The maximum atomic E-state index is 13.3. The summed E-state index contributed by atoms with van der Waals surface area (Å²) in [6.45, 7) is 3.03. The van der Waals surface area contributed by atoms with E-state index in [9.17, 15) is 4.39 Å². The number of fused-ring (bicyclic) bond motifs is 3. The molecule has 1 fully saturated rings. The van der Waals surface area contributed by atoms with Crippen LogP contribution < -0.4 is 9.64 Å². The highest BCUT2D eigenvalue weighted by molar-refractivity contribution is 5.59. The minimum absolute atomic E-state index is 0.168. The van der Waals surface area contributed by atoms with Crippen molar-refractivity contribution in [1.29, 1.82) is 0 Å². The molecule has 2 aliphatic rings. The summed E-state index contributed by atoms with van der Waals surface area (Å²) in [6.07, 6.45) is 1.58. The summed E-state index contributed by atoms with van der Waals surface area (Å²) in [5.41, 5.74) is 1.07. The molecular formula is C11H13FN2O. The van der Waals surface area contributed by atoms with Crippen LogP contribution in [-0.2, 0) is 0 Å². The molecule has 0 N–H and O–H groups in total. The van der Waals surface area contributed by atoms with Crippen molar-refractivity contribution in [3.05, 3.63) is 17.8 Å². The van der Waals surface area contributed by atoms with Crippen LogP contribution in [0.3, 0.4) is 0 Å². The van der Waals surface area contributed by atoms with Crippen molar-refractivity contribution in [2.45, 2.75) is 25.6 Å². The lowest BCUT2D eigenvalue weighted by molar-refractivity contribution is 0.260. The smallest absolute Gasteiger partial charge is 0.172 e. The van der Waals surface area contributed by atoms with Crippen LogP contribution in [-0.4, -0.2) is 30.3 Å². The van der Waals surface area contributed by atoms with Crippen molar-refractivity contribution in [2.75, 3.05) is 18.1 Å². The van der Waals surface area contributed by atoms with E-state index in [0.29, 0.717) is 19.6 Å². The van der Waals surface area contributed by atoms with Crippen LogP contribution in [0.4, 0.5) is 10.2 Å². The molecule has 0 aromatic carbocycles. The van der Waals surface area contributed by atoms with Crippen LogP contribution in [0.1, 0.15) is 12.0 Å². The number of pyridine rings is 1. The molecular weight excluding hydrogens is 195 g/mol. The van der Waals surface area contributed by atoms with Gasteiger partial charge in [-0.2, -0.15) is 0 Å². The zero-order valence-electron chi connectivity index (χ0n) is 8.61. The molecule has 3 nitrogen and oxygen atoms in total. The fraction of sp³-hybridized carbons (Fsp3) is 0.545. The van der Waals surface area contributed by atoms with Gasteiger partial charge in [0.25, 0.3) is 0 Å². The second kappa shape index (κ2) is 3.08. The molecule has 3 rings (SSSR count). The van der Waals surface area contributed by atoms with Crippen molar-refractivity contribution in [1.82, 2.24) is 4.98 Å². The molecule has 0 saturated carbocycles. The highest BCUT2D eigenvalue weighted by Crippen LogP contribution is 2.38. The Labute approximate surface area is 87.9 Å². The first kappa shape index (κ1) is 8.95. The molecule has 4 heteroatoms. The summed E-state index contributed by atoms with van der Waals surface area (Å²) < 4.78 is 18.9. The predicted molar refractivity (Wildman–Crippen MR) is 55.1 cm³/mol. The molecule has 0 radical (unpaired) electrons. The molecule has 1 saturated heterocycles. The van der Waals surface area contributed by atoms with E-state index in [4.69, 9.17) is 4.74 Å². The second-order valence-electron chi connectivity index (χ2n) is 4.23. The van der Waals surface area contributed by atoms with Gasteiger partial charge in [-0.1, -0.05) is 0 Å². The van der Waals surface area contributed by atoms with Gasteiger partial charge in [-0.05, 0) is 18.6 Å². The second-order valence-corrected chi connectivity index (χ2v) is 4.23. The maximum Gasteiger partial charge on any atom is 0.172 e. The minimum Gasteiger partial charge on any atom is -0.487 e. The maximum absolute atomic E-state index is 13.3. The number of nitrogens with zero attached hydrogens (tertiary/aromatic N) is 2. The van der Waals surface area contributed by atoms with Crippen molar-refractivity contribution in [2.24, 2.45) is 0 Å². The van der Waals surface area contributed by atoms with E-state index in [1.807, 2.05) is 17.9 Å². The summed E-state index contributed by atoms with van der Waals surface area (Å²) in [5.74, 6) is 1.63. The highest BCUT2D eigenvalue weighted by Gasteiger charge is 2.38. The Morgan fingerprint density at radius 3 is 3.33 bits per heavy atom. The number of alkyl halides is 1. The van der Waals surface area contributed by atoms with Gasteiger partial charge in [0.1, 0.15) is 12.8 Å². The number of halogens is 1. The minimum atomic E-state index is -0.744. The number of rotatable bonds is 0. The third-order valence-electron chi connectivity index (χ3n) is 3.14. The summed E-state index contributed by atoms with van der Waals surface area (Å²) in [7, 11) is 0. The molecule has 0 amide bonds. The number of hydrogen-bond acceptors (Lipinski definition) is 3. The first-order chi connectivity index (χ1) is 7.25. The van der Waals surface area contributed by atoms with Crippen LogP contribution in [0, 0.1) is 6.92 Å². The molecule has 80 valence electrons. The van der Waals surface area contributed by atoms with Gasteiger partial charge in [0.2, 0.25) is 0 Å². The van der Waals surface area contributed by atoms with Crippen molar-refractivity contribution < 1.29 is 9.13 Å². The van der Waals surface area contributed by atoms with Crippen LogP contribution in [0.25, 0.3) is 0 Å². The number of anilines is 1. The molecule has 0 unspecified atom stereocenters. The number of ether oxygens (including phenoxy) is 1. The Kier molecular flexibility index (Phi) is 1.84. The summed E-state index contributed by atoms with van der Waals surface area (Å²) in [6, 6.07) is 2.09. The van der Waals surface area contributed by atoms with Crippen LogP contribution >= 0.6 is 0 Å². The van der Waals surface area contributed by atoms with Gasteiger partial charge >= 0.3 is 0 Å². The van der Waals surface area contributed by atoms with Gasteiger partial charge < -0.3 is 9.64 Å². The SMILES string of the molecule is Cc1ccnc2c1OC[C@@H]1C[C@@H](F)CN21. The van der Waals surface area contributed by atoms with Crippen molar-refractivity contribution >= 4 is 5.82 Å². The van der Waals surface area contributed by atoms with E-state index >= 15 is 0 Å². The van der Waals surface area contributed by atoms with E-state index in [2.05, 4.69) is 4.98 Å². The Balaban J connectivity index is 2.05. The third-order valence-corrected chi connectivity index (χ3v) is 3.14. The Hall–Kier alpha value is -1.32. The Bertz CT molecular complexity index is 396. The van der Waals surface area contributed by atoms with E-state index < -0.39 is 6.17 Å². The summed E-state index contributed by atoms with van der Waals surface area (Å²) >= 11 is 0. The Morgan fingerprint density at radius 1 is 1.60 bits per heavy atom. The van der Waals surface area contributed by atoms with Gasteiger partial charge in [0.05, 0.1) is 12.6 Å². The van der Waals surface area contributed by atoms with Gasteiger partial charge in [-0.3, -0.25) is 0 Å². The lowest BCUT2D eigenvalue weighted by Gasteiger charge is -2.32. The third kappa shape index (κ3) is 1.28. The normalized spacial score (nSPS) is 28.3. The fourth-order valence-corrected chi connectivity index (χ4v) is 2.37. The van der Waals surface area contributed by atoms with Crippen LogP contribution in [0.2, 0.25) is 0 Å². The molecule has 0 spiro atoms. The Morgan fingerprint density at radius 2 is 2.47 bits per heavy atom. The fourth-order valence-electron chi connectivity index (χ4n) is 2.37. The summed E-state index contributed by atoms with van der Waals surface area (Å²) in [5, 5.41) is 0. The van der Waals surface area contributed by atoms with Crippen LogP contribution in [0.15, 0.2) is 12.3 Å². The molecule has 0 bridgehead atoms. The first-order valence-corrected chi connectivity index (χ1v) is 5.25. The molecule has 1 aromatic rings. The van der Waals surface area contributed by atoms with E-state index in [0.717, 1.165) is 17.1 Å². The highest BCUT2D eigenvalue weighted by atomic mass is 19.1. The number of hydrogen-bond donors (Lipinski definition) is 0. The lowest BCUT2D eigenvalue weighted by atomic mass is 10.2. The van der Waals surface area contributed by atoms with E-state index in [-0.39, 0.29) is 6.04 Å². The molecule has 2 atom stereocenters. The van der Waals surface area contributed by atoms with Crippen molar-refractivity contribution in [3.63, 3.8) is 0 Å². The standard InChI is InChI=1S/C11H13FN2O/c1-7-2-3-13-11-10(7)15-6-9-4-8(12)5-14(9)11/h2-3,8-9H,4-6H2,1H3/t8-,9+/m1/s1. The zero-order chi connectivity index (χ0) is 10.4. The zero-order valence-corrected chi connectivity index (χ0v) is 8.61. The van der Waals surface area contributed by atoms with Gasteiger partial charge in [0, 0.05) is 12.6 Å². The van der Waals surface area contributed by atoms with Crippen LogP contribution in [0.5, 0.6) is 5.75 Å². The molecule has 1 aromatic heterocycles. The molecule has 3 heterocycles. The lowest BCUT2D eigenvalue weighted by Crippen LogP contribution is -2.39. The summed E-state index contributed by atoms with van der Waals surface area (Å²) in [4.78, 5) is 6.33. The predicted octanol–water partition coefficient (Wildman–Crippen LogP) is 1.70. The van der Waals surface area contributed by atoms with E-state index in [1.165, 1.54) is 0 Å². The largest absolute Gasteiger partial charge is 0.487 e. The molecule has 0 aliphatic carbocycles. The van der Waals surface area contributed by atoms with Gasteiger partial charge in [-0.15, -0.1) is 0 Å². The molecule has 15 heavy (non-hydrogen) atoms. The van der Waals surface area contributed by atoms with Gasteiger partial charge in [-0.25, -0.2) is 9.37 Å². The number of aryl methyl sites for hydroxylation is 1. The van der Waals surface area contributed by atoms with E-state index in [1.54, 1.807) is 6.20 Å². The van der Waals surface area contributed by atoms with Gasteiger partial charge in [0.15, 0.2) is 11.6 Å². The monoisotopic (exact) mass is 208 g/mol. The quantitative estimate of drug-likeness (QED) is 0.649. The molecule has 2 aliphatic heterocycles. The average Bonchev–Trinajstić information content (AvgIpc) is 2.59. The number of aromatic nitrogens is 1. The average molecular weight is 208 g/mol. The first-order valence-electron chi connectivity index (χ1n) is 5.25.